The summed E-state index contributed by atoms with van der Waals surface area (Å²) in [6, 6.07) is 1.97. The first-order chi connectivity index (χ1) is 6.22. The van der Waals surface area contributed by atoms with Crippen LogP contribution in [-0.2, 0) is 5.88 Å². The van der Waals surface area contributed by atoms with Crippen LogP contribution in [0.4, 0.5) is 0 Å². The van der Waals surface area contributed by atoms with E-state index in [0.29, 0.717) is 5.88 Å². The van der Waals surface area contributed by atoms with Gasteiger partial charge in [-0.2, -0.15) is 5.10 Å². The summed E-state index contributed by atoms with van der Waals surface area (Å²) in [4.78, 5) is 4.25. The van der Waals surface area contributed by atoms with Gasteiger partial charge in [0.25, 0.3) is 0 Å². The van der Waals surface area contributed by atoms with Crippen molar-refractivity contribution < 1.29 is 0 Å². The molecule has 2 heterocycles. The van der Waals surface area contributed by atoms with E-state index in [1.54, 1.807) is 0 Å². The zero-order valence-corrected chi connectivity index (χ0v) is 9.56. The van der Waals surface area contributed by atoms with Gasteiger partial charge in [-0.05, 0) is 19.9 Å². The largest absolute Gasteiger partial charge is 0.257 e. The van der Waals surface area contributed by atoms with Crippen LogP contribution in [0.1, 0.15) is 17.1 Å². The van der Waals surface area contributed by atoms with Gasteiger partial charge < -0.3 is 0 Å². The van der Waals surface area contributed by atoms with Crippen LogP contribution in [0.5, 0.6) is 0 Å². The zero-order valence-electron chi connectivity index (χ0n) is 7.99. The molecule has 0 saturated heterocycles. The number of nitrogens with zero attached hydrogens (tertiary/aromatic N) is 3. The highest BCUT2D eigenvalue weighted by molar-refractivity contribution is 6.16. The van der Waals surface area contributed by atoms with E-state index in [2.05, 4.69) is 10.1 Å². The zero-order chi connectivity index (χ0) is 9.42. The highest BCUT2D eigenvalue weighted by Crippen LogP contribution is 2.12. The van der Waals surface area contributed by atoms with E-state index >= 15 is 0 Å². The lowest BCUT2D eigenvalue weighted by Gasteiger charge is -1.99. The summed E-state index contributed by atoms with van der Waals surface area (Å²) in [5.74, 6) is 0.445. The maximum Gasteiger partial charge on any atom is 0.0880 e. The molecule has 14 heavy (non-hydrogen) atoms. The lowest BCUT2D eigenvalue weighted by Crippen LogP contribution is -1.97. The summed E-state index contributed by atoms with van der Waals surface area (Å²) in [5.41, 5.74) is 3.93. The van der Waals surface area contributed by atoms with Gasteiger partial charge in [0.05, 0.1) is 28.5 Å². The van der Waals surface area contributed by atoms with Gasteiger partial charge in [-0.3, -0.25) is 4.98 Å². The molecule has 0 aliphatic rings. The highest BCUT2D eigenvalue weighted by atomic mass is 35.5. The molecule has 0 bridgehead atoms. The van der Waals surface area contributed by atoms with E-state index in [0.717, 1.165) is 22.6 Å². The van der Waals surface area contributed by atoms with Crippen molar-refractivity contribution in [2.24, 2.45) is 0 Å². The summed E-state index contributed by atoms with van der Waals surface area (Å²) in [6.45, 7) is 3.94. The number of aromatic nitrogens is 3. The van der Waals surface area contributed by atoms with Gasteiger partial charge in [0, 0.05) is 6.20 Å². The fraction of sp³-hybridized carbons (Fsp3) is 0.333. The number of alkyl halides is 1. The lowest BCUT2D eigenvalue weighted by molar-refractivity contribution is 0.868. The van der Waals surface area contributed by atoms with E-state index < -0.39 is 0 Å². The predicted octanol–water partition coefficient (Wildman–Crippen LogP) is 2.51. The Labute approximate surface area is 93.5 Å². The summed E-state index contributed by atoms with van der Waals surface area (Å²) < 4.78 is 1.88. The normalized spacial score (nSPS) is 10.2. The molecule has 0 spiro atoms. The van der Waals surface area contributed by atoms with Gasteiger partial charge in [0.15, 0.2) is 0 Å². The molecule has 0 amide bonds. The van der Waals surface area contributed by atoms with Crippen molar-refractivity contribution in [3.05, 3.63) is 29.3 Å². The van der Waals surface area contributed by atoms with Crippen LogP contribution >= 0.6 is 24.0 Å². The molecule has 0 radical (unpaired) electrons. The highest BCUT2D eigenvalue weighted by Gasteiger charge is 2.05. The Morgan fingerprint density at radius 3 is 2.71 bits per heavy atom. The summed E-state index contributed by atoms with van der Waals surface area (Å²) in [5, 5.41) is 4.34. The van der Waals surface area contributed by atoms with E-state index in [1.165, 1.54) is 0 Å². The Balaban J connectivity index is 0.000000980. The van der Waals surface area contributed by atoms with E-state index in [-0.39, 0.29) is 12.4 Å². The Kier molecular flexibility index (Phi) is 3.34. The number of hydrogen-bond donors (Lipinski definition) is 0. The molecule has 0 aliphatic carbocycles. The third kappa shape index (κ3) is 1.70. The molecule has 0 aromatic carbocycles. The number of halogens is 2. The first kappa shape index (κ1) is 11.3. The number of hydrogen-bond acceptors (Lipinski definition) is 2. The molecular weight excluding hydrogens is 221 g/mol. The molecule has 0 aliphatic heterocycles. The Bertz CT molecular complexity index is 411. The molecule has 0 saturated carbocycles. The quantitative estimate of drug-likeness (QED) is 0.707. The van der Waals surface area contributed by atoms with E-state index in [4.69, 9.17) is 11.6 Å². The minimum Gasteiger partial charge on any atom is -0.257 e. The maximum absolute atomic E-state index is 5.71. The number of fused-ring (bicyclic) bond motifs is 1. The van der Waals surface area contributed by atoms with Gasteiger partial charge in [-0.15, -0.1) is 24.0 Å². The molecule has 2 aromatic rings. The first-order valence-corrected chi connectivity index (χ1v) is 4.62. The fourth-order valence-electron chi connectivity index (χ4n) is 1.33. The predicted molar refractivity (Wildman–Crippen MR) is 59.3 cm³/mol. The van der Waals surface area contributed by atoms with E-state index in [9.17, 15) is 0 Å². The second kappa shape index (κ2) is 4.15. The van der Waals surface area contributed by atoms with Crippen LogP contribution in [0, 0.1) is 13.8 Å². The van der Waals surface area contributed by atoms with E-state index in [1.807, 2.05) is 30.6 Å². The first-order valence-electron chi connectivity index (χ1n) is 4.09. The minimum absolute atomic E-state index is 0. The van der Waals surface area contributed by atoms with Crippen molar-refractivity contribution in [3.8, 4) is 0 Å². The average Bonchev–Trinajstić information content (AvgIpc) is 2.56. The molecular formula is C9H11Cl2N3. The van der Waals surface area contributed by atoms with Gasteiger partial charge in [-0.25, -0.2) is 4.52 Å². The summed E-state index contributed by atoms with van der Waals surface area (Å²) in [7, 11) is 0. The fourth-order valence-corrected chi connectivity index (χ4v) is 1.46. The Hall–Kier alpha value is -0.800. The third-order valence-electron chi connectivity index (χ3n) is 2.05. The van der Waals surface area contributed by atoms with Crippen LogP contribution in [0.15, 0.2) is 12.3 Å². The van der Waals surface area contributed by atoms with Crippen molar-refractivity contribution in [2.75, 3.05) is 0 Å². The lowest BCUT2D eigenvalue weighted by atomic mass is 10.3. The SMILES string of the molecule is Cc1ncc(C)n2nc(CCl)cc12.Cl. The summed E-state index contributed by atoms with van der Waals surface area (Å²) in [6.07, 6.45) is 1.81. The van der Waals surface area contributed by atoms with Crippen molar-refractivity contribution >= 4 is 29.5 Å². The van der Waals surface area contributed by atoms with Crippen LogP contribution in [-0.4, -0.2) is 14.6 Å². The second-order valence-electron chi connectivity index (χ2n) is 3.05. The van der Waals surface area contributed by atoms with Crippen LogP contribution < -0.4 is 0 Å². The molecule has 2 rings (SSSR count). The average molecular weight is 232 g/mol. The Morgan fingerprint density at radius 1 is 1.43 bits per heavy atom. The smallest absolute Gasteiger partial charge is 0.0880 e. The molecule has 3 nitrogen and oxygen atoms in total. The standard InChI is InChI=1S/C9H10ClN3.ClH/c1-6-5-11-7(2)9-3-8(4-10)12-13(6)9;/h3,5H,4H2,1-2H3;1H. The molecule has 0 N–H and O–H groups in total. The minimum atomic E-state index is 0. The molecule has 76 valence electrons. The van der Waals surface area contributed by atoms with Crippen molar-refractivity contribution in [3.63, 3.8) is 0 Å². The third-order valence-corrected chi connectivity index (χ3v) is 2.32. The van der Waals surface area contributed by atoms with Gasteiger partial charge >= 0.3 is 0 Å². The topological polar surface area (TPSA) is 30.2 Å². The van der Waals surface area contributed by atoms with Gasteiger partial charge in [0.1, 0.15) is 0 Å². The monoisotopic (exact) mass is 231 g/mol. The van der Waals surface area contributed by atoms with Crippen molar-refractivity contribution in [2.45, 2.75) is 19.7 Å². The Morgan fingerprint density at radius 2 is 2.14 bits per heavy atom. The van der Waals surface area contributed by atoms with Crippen LogP contribution in [0.25, 0.3) is 5.52 Å². The maximum atomic E-state index is 5.71. The van der Waals surface area contributed by atoms with Gasteiger partial charge in [-0.1, -0.05) is 0 Å². The molecule has 0 fully saturated rings. The van der Waals surface area contributed by atoms with Crippen molar-refractivity contribution in [1.29, 1.82) is 0 Å². The second-order valence-corrected chi connectivity index (χ2v) is 3.32. The number of aryl methyl sites for hydroxylation is 2. The molecule has 0 atom stereocenters. The molecule has 0 unspecified atom stereocenters. The van der Waals surface area contributed by atoms with Gasteiger partial charge in [0.2, 0.25) is 0 Å². The van der Waals surface area contributed by atoms with Crippen LogP contribution in [0.2, 0.25) is 0 Å². The molecule has 5 heteroatoms. The summed E-state index contributed by atoms with van der Waals surface area (Å²) >= 11 is 5.71. The van der Waals surface area contributed by atoms with Crippen LogP contribution in [0.3, 0.4) is 0 Å². The molecule has 2 aromatic heterocycles. The number of rotatable bonds is 1. The van der Waals surface area contributed by atoms with Crippen molar-refractivity contribution in [1.82, 2.24) is 14.6 Å².